The van der Waals surface area contributed by atoms with Gasteiger partial charge >= 0.3 is 11.9 Å². The minimum Gasteiger partial charge on any atom is -0.283 e. The van der Waals surface area contributed by atoms with Crippen LogP contribution in [0.4, 0.5) is 13.2 Å². The van der Waals surface area contributed by atoms with Crippen molar-refractivity contribution in [2.24, 2.45) is 0 Å². The van der Waals surface area contributed by atoms with E-state index < -0.39 is 18.4 Å². The van der Waals surface area contributed by atoms with Gasteiger partial charge in [0.2, 0.25) is 0 Å². The third-order valence-electron chi connectivity index (χ3n) is 3.33. The summed E-state index contributed by atoms with van der Waals surface area (Å²) in [6.45, 7) is -1.40. The fourth-order valence-corrected chi connectivity index (χ4v) is 2.57. The zero-order chi connectivity index (χ0) is 16.6. The number of fused-ring (bicyclic) bond motifs is 1. The Morgan fingerprint density at radius 3 is 2.43 bits per heavy atom. The van der Waals surface area contributed by atoms with Gasteiger partial charge in [0.1, 0.15) is 6.54 Å². The van der Waals surface area contributed by atoms with Crippen LogP contribution >= 0.6 is 11.6 Å². The van der Waals surface area contributed by atoms with Gasteiger partial charge in [-0.15, -0.1) is 0 Å². The molecule has 0 N–H and O–H groups in total. The second kappa shape index (κ2) is 5.70. The molecular formula is C16H10ClF3N2O. The van der Waals surface area contributed by atoms with E-state index in [9.17, 15) is 18.0 Å². The van der Waals surface area contributed by atoms with Crippen LogP contribution in [0.1, 0.15) is 0 Å². The van der Waals surface area contributed by atoms with Crippen molar-refractivity contribution < 1.29 is 13.2 Å². The summed E-state index contributed by atoms with van der Waals surface area (Å²) in [7, 11) is 0. The Kier molecular flexibility index (Phi) is 3.85. The summed E-state index contributed by atoms with van der Waals surface area (Å²) in [5, 5.41) is 0.751. The monoisotopic (exact) mass is 338 g/mol. The maximum Gasteiger partial charge on any atom is 0.406 e. The molecule has 0 aliphatic carbocycles. The minimum absolute atomic E-state index is 0.144. The first-order chi connectivity index (χ1) is 10.8. The van der Waals surface area contributed by atoms with E-state index in [1.165, 1.54) is 18.2 Å². The van der Waals surface area contributed by atoms with Gasteiger partial charge in [-0.3, -0.25) is 4.57 Å². The van der Waals surface area contributed by atoms with Gasteiger partial charge in [0.25, 0.3) is 0 Å². The van der Waals surface area contributed by atoms with Crippen LogP contribution < -0.4 is 5.69 Å². The molecule has 3 rings (SSSR count). The summed E-state index contributed by atoms with van der Waals surface area (Å²) in [6.07, 6.45) is -4.52. The van der Waals surface area contributed by atoms with Crippen LogP contribution in [0.5, 0.6) is 0 Å². The quantitative estimate of drug-likeness (QED) is 0.699. The predicted molar refractivity (Wildman–Crippen MR) is 82.5 cm³/mol. The van der Waals surface area contributed by atoms with E-state index >= 15 is 0 Å². The van der Waals surface area contributed by atoms with Gasteiger partial charge < -0.3 is 0 Å². The van der Waals surface area contributed by atoms with E-state index in [4.69, 9.17) is 11.6 Å². The lowest BCUT2D eigenvalue weighted by molar-refractivity contribution is -0.140. The van der Waals surface area contributed by atoms with E-state index in [2.05, 4.69) is 4.98 Å². The molecule has 1 heterocycles. The van der Waals surface area contributed by atoms with Gasteiger partial charge in [0.05, 0.1) is 11.2 Å². The number of rotatable bonds is 2. The Bertz CT molecular complexity index is 920. The van der Waals surface area contributed by atoms with Crippen LogP contribution in [0.3, 0.4) is 0 Å². The highest BCUT2D eigenvalue weighted by molar-refractivity contribution is 6.31. The van der Waals surface area contributed by atoms with Crippen molar-refractivity contribution >= 4 is 22.5 Å². The molecule has 0 saturated heterocycles. The first kappa shape index (κ1) is 15.6. The lowest BCUT2D eigenvalue weighted by atomic mass is 10.1. The normalized spacial score (nSPS) is 11.8. The molecule has 0 amide bonds. The maximum atomic E-state index is 12.7. The van der Waals surface area contributed by atoms with Crippen molar-refractivity contribution in [1.82, 2.24) is 9.55 Å². The molecule has 7 heteroatoms. The molecule has 118 valence electrons. The molecule has 0 spiro atoms. The summed E-state index contributed by atoms with van der Waals surface area (Å²) >= 11 is 5.97. The molecule has 0 aliphatic rings. The van der Waals surface area contributed by atoms with Crippen LogP contribution in [0.25, 0.3) is 22.2 Å². The van der Waals surface area contributed by atoms with E-state index in [0.29, 0.717) is 26.2 Å². The molecule has 0 bridgehead atoms. The molecule has 0 saturated carbocycles. The van der Waals surface area contributed by atoms with Gasteiger partial charge in [0.15, 0.2) is 0 Å². The second-order valence-corrected chi connectivity index (χ2v) is 5.41. The highest BCUT2D eigenvalue weighted by atomic mass is 35.5. The molecule has 0 unspecified atom stereocenters. The van der Waals surface area contributed by atoms with E-state index in [0.717, 1.165) is 0 Å². The number of hydrogen-bond donors (Lipinski definition) is 0. The topological polar surface area (TPSA) is 34.9 Å². The largest absolute Gasteiger partial charge is 0.406 e. The van der Waals surface area contributed by atoms with Crippen LogP contribution in [-0.4, -0.2) is 15.7 Å². The molecule has 1 aromatic heterocycles. The predicted octanol–water partition coefficient (Wildman–Crippen LogP) is 4.28. The van der Waals surface area contributed by atoms with Crippen molar-refractivity contribution in [2.45, 2.75) is 12.7 Å². The fourth-order valence-electron chi connectivity index (χ4n) is 2.40. The van der Waals surface area contributed by atoms with Crippen molar-refractivity contribution in [1.29, 1.82) is 0 Å². The number of nitrogens with zero attached hydrogens (tertiary/aromatic N) is 2. The first-order valence-electron chi connectivity index (χ1n) is 6.67. The molecule has 0 aliphatic heterocycles. The Balaban J connectivity index is 2.34. The zero-order valence-electron chi connectivity index (χ0n) is 11.6. The first-order valence-corrected chi connectivity index (χ1v) is 7.05. The molecule has 3 aromatic rings. The van der Waals surface area contributed by atoms with E-state index in [1.54, 1.807) is 30.3 Å². The van der Waals surface area contributed by atoms with Gasteiger partial charge in [-0.25, -0.2) is 4.79 Å². The van der Waals surface area contributed by atoms with Gasteiger partial charge in [-0.1, -0.05) is 41.9 Å². The van der Waals surface area contributed by atoms with Crippen LogP contribution in [0.2, 0.25) is 5.02 Å². The van der Waals surface area contributed by atoms with Gasteiger partial charge in [0, 0.05) is 16.0 Å². The highest BCUT2D eigenvalue weighted by Gasteiger charge is 2.30. The number of hydrogen-bond acceptors (Lipinski definition) is 2. The molecule has 0 atom stereocenters. The Morgan fingerprint density at radius 1 is 1.09 bits per heavy atom. The molecular weight excluding hydrogens is 329 g/mol. The third kappa shape index (κ3) is 3.22. The van der Waals surface area contributed by atoms with Gasteiger partial charge in [-0.2, -0.15) is 18.2 Å². The van der Waals surface area contributed by atoms with Crippen molar-refractivity contribution in [3.05, 3.63) is 64.0 Å². The van der Waals surface area contributed by atoms with Crippen LogP contribution in [0.15, 0.2) is 53.3 Å². The maximum absolute atomic E-state index is 12.7. The molecule has 2 aromatic carbocycles. The zero-order valence-corrected chi connectivity index (χ0v) is 12.4. The highest BCUT2D eigenvalue weighted by Crippen LogP contribution is 2.29. The molecule has 23 heavy (non-hydrogen) atoms. The minimum atomic E-state index is -4.52. The summed E-state index contributed by atoms with van der Waals surface area (Å²) < 4.78 is 38.8. The molecule has 0 radical (unpaired) electrons. The van der Waals surface area contributed by atoms with Gasteiger partial charge in [-0.05, 0) is 18.2 Å². The standard InChI is InChI=1S/C16H10ClF3N2O/c17-11-6-7-13-12(8-11)14(10-4-2-1-3-5-10)21-15(23)22(13)9-16(18,19)20/h1-8H,9H2. The average Bonchev–Trinajstić information content (AvgIpc) is 2.49. The van der Waals surface area contributed by atoms with Crippen molar-refractivity contribution in [3.8, 4) is 11.3 Å². The van der Waals surface area contributed by atoms with Crippen molar-refractivity contribution in [2.75, 3.05) is 0 Å². The third-order valence-corrected chi connectivity index (χ3v) is 3.56. The van der Waals surface area contributed by atoms with Crippen molar-refractivity contribution in [3.63, 3.8) is 0 Å². The summed E-state index contributed by atoms with van der Waals surface area (Å²) in [6, 6.07) is 13.1. The summed E-state index contributed by atoms with van der Waals surface area (Å²) in [5.74, 6) is 0. The van der Waals surface area contributed by atoms with Crippen LogP contribution in [-0.2, 0) is 6.54 Å². The number of aromatic nitrogens is 2. The lowest BCUT2D eigenvalue weighted by Gasteiger charge is -2.14. The fraction of sp³-hybridized carbons (Fsp3) is 0.125. The molecule has 3 nitrogen and oxygen atoms in total. The average molecular weight is 339 g/mol. The van der Waals surface area contributed by atoms with E-state index in [-0.39, 0.29) is 5.52 Å². The SMILES string of the molecule is O=c1nc(-c2ccccc2)c2cc(Cl)ccc2n1CC(F)(F)F. The smallest absolute Gasteiger partial charge is 0.283 e. The summed E-state index contributed by atoms with van der Waals surface area (Å²) in [4.78, 5) is 16.0. The second-order valence-electron chi connectivity index (χ2n) is 4.97. The number of benzene rings is 2. The number of alkyl halides is 3. The Morgan fingerprint density at radius 2 is 1.78 bits per heavy atom. The van der Waals surface area contributed by atoms with E-state index in [1.807, 2.05) is 0 Å². The summed E-state index contributed by atoms with van der Waals surface area (Å²) in [5.41, 5.74) is 0.143. The van der Waals surface area contributed by atoms with Crippen LogP contribution in [0, 0.1) is 0 Å². The Hall–Kier alpha value is -2.34. The number of halogens is 4. The lowest BCUT2D eigenvalue weighted by Crippen LogP contribution is -2.30. The molecule has 0 fully saturated rings. The Labute approximate surface area is 134 Å².